The fourth-order valence-corrected chi connectivity index (χ4v) is 4.22. The summed E-state index contributed by atoms with van der Waals surface area (Å²) in [6.45, 7) is 2.89. The second-order valence-corrected chi connectivity index (χ2v) is 7.97. The molecule has 1 fully saturated rings. The minimum absolute atomic E-state index is 0.236. The molecule has 2 aromatic carbocycles. The quantitative estimate of drug-likeness (QED) is 0.592. The average Bonchev–Trinajstić information content (AvgIpc) is 2.84. The highest BCUT2D eigenvalue weighted by molar-refractivity contribution is 5.97. The molecule has 1 atom stereocenters. The number of amides is 1. The number of aromatic nitrogens is 1. The number of likely N-dealkylation sites (tertiary alicyclic amines) is 1. The molecular formula is C26H27N3O2. The molecule has 31 heavy (non-hydrogen) atoms. The third kappa shape index (κ3) is 5.25. The van der Waals surface area contributed by atoms with Gasteiger partial charge < -0.3 is 10.1 Å². The number of hydrogen-bond donors (Lipinski definition) is 1. The van der Waals surface area contributed by atoms with E-state index in [0.717, 1.165) is 50.0 Å². The van der Waals surface area contributed by atoms with Crippen LogP contribution in [0.4, 0.5) is 0 Å². The van der Waals surface area contributed by atoms with Gasteiger partial charge in [-0.1, -0.05) is 60.7 Å². The predicted octanol–water partition coefficient (Wildman–Crippen LogP) is 4.13. The van der Waals surface area contributed by atoms with Crippen molar-refractivity contribution >= 4 is 12.2 Å². The lowest BCUT2D eigenvalue weighted by Gasteiger charge is -2.32. The van der Waals surface area contributed by atoms with Crippen molar-refractivity contribution in [2.75, 3.05) is 13.1 Å². The van der Waals surface area contributed by atoms with Crippen molar-refractivity contribution in [3.63, 3.8) is 0 Å². The number of pyridine rings is 1. The first-order chi connectivity index (χ1) is 15.2. The van der Waals surface area contributed by atoms with Crippen LogP contribution in [0.1, 0.15) is 52.0 Å². The van der Waals surface area contributed by atoms with Crippen LogP contribution in [-0.4, -0.2) is 35.2 Å². The minimum atomic E-state index is -0.672. The van der Waals surface area contributed by atoms with Crippen LogP contribution in [0.25, 0.3) is 0 Å². The summed E-state index contributed by atoms with van der Waals surface area (Å²) in [6, 6.07) is 22.7. The monoisotopic (exact) mass is 413 g/mol. The average molecular weight is 414 g/mol. The van der Waals surface area contributed by atoms with E-state index in [-0.39, 0.29) is 11.8 Å². The van der Waals surface area contributed by atoms with E-state index in [4.69, 9.17) is 0 Å². The van der Waals surface area contributed by atoms with E-state index in [1.807, 2.05) is 36.4 Å². The highest BCUT2D eigenvalue weighted by Gasteiger charge is 2.26. The van der Waals surface area contributed by atoms with Gasteiger partial charge in [0.25, 0.3) is 5.91 Å². The van der Waals surface area contributed by atoms with E-state index < -0.39 is 6.04 Å². The van der Waals surface area contributed by atoms with Crippen molar-refractivity contribution in [3.8, 4) is 0 Å². The number of carbonyl (C=O) groups excluding carboxylic acids is 2. The zero-order valence-electron chi connectivity index (χ0n) is 17.5. The van der Waals surface area contributed by atoms with Crippen LogP contribution in [0.2, 0.25) is 0 Å². The molecule has 2 heterocycles. The van der Waals surface area contributed by atoms with Crippen molar-refractivity contribution in [1.82, 2.24) is 15.2 Å². The van der Waals surface area contributed by atoms with Crippen LogP contribution < -0.4 is 5.32 Å². The van der Waals surface area contributed by atoms with Gasteiger partial charge in [-0.2, -0.15) is 0 Å². The predicted molar refractivity (Wildman–Crippen MR) is 121 cm³/mol. The Kier molecular flexibility index (Phi) is 6.85. The molecule has 1 aliphatic heterocycles. The van der Waals surface area contributed by atoms with E-state index in [2.05, 4.69) is 39.5 Å². The molecule has 0 spiro atoms. The standard InChI is InChI=1S/C26H27N3O2/c30-19-24(21-10-5-2-6-11-21)28-26(31)23-12-7-15-27-25(23)22-13-16-29(17-14-22)18-20-8-3-1-4-9-20/h1-12,15,19,22,24H,13-14,16-18H2,(H,28,31). The summed E-state index contributed by atoms with van der Waals surface area (Å²) in [6.07, 6.45) is 4.43. The molecule has 0 saturated carbocycles. The lowest BCUT2D eigenvalue weighted by Crippen LogP contribution is -2.34. The lowest BCUT2D eigenvalue weighted by molar-refractivity contribution is -0.109. The Morgan fingerprint density at radius 1 is 1.00 bits per heavy atom. The first kappa shape index (κ1) is 20.9. The van der Waals surface area contributed by atoms with Gasteiger partial charge in [-0.3, -0.25) is 14.7 Å². The maximum Gasteiger partial charge on any atom is 0.253 e. The SMILES string of the molecule is O=CC(NC(=O)c1cccnc1C1CCN(Cc2ccccc2)CC1)c1ccccc1. The number of benzene rings is 2. The summed E-state index contributed by atoms with van der Waals surface area (Å²) in [5, 5.41) is 2.86. The fourth-order valence-electron chi connectivity index (χ4n) is 4.22. The largest absolute Gasteiger partial charge is 0.338 e. The van der Waals surface area contributed by atoms with E-state index in [1.165, 1.54) is 5.56 Å². The number of hydrogen-bond acceptors (Lipinski definition) is 4. The van der Waals surface area contributed by atoms with Crippen molar-refractivity contribution in [1.29, 1.82) is 0 Å². The molecule has 3 aromatic rings. The van der Waals surface area contributed by atoms with E-state index in [1.54, 1.807) is 18.3 Å². The second kappa shape index (κ2) is 10.1. The van der Waals surface area contributed by atoms with E-state index >= 15 is 0 Å². The molecule has 4 rings (SSSR count). The van der Waals surface area contributed by atoms with Gasteiger partial charge in [-0.25, -0.2) is 0 Å². The van der Waals surface area contributed by atoms with Gasteiger partial charge in [-0.05, 0) is 49.2 Å². The maximum atomic E-state index is 13.0. The van der Waals surface area contributed by atoms with Crippen LogP contribution in [0.5, 0.6) is 0 Å². The Bertz CT molecular complexity index is 999. The third-order valence-corrected chi connectivity index (χ3v) is 5.89. The van der Waals surface area contributed by atoms with Crippen LogP contribution >= 0.6 is 0 Å². The molecule has 1 amide bonds. The summed E-state index contributed by atoms with van der Waals surface area (Å²) in [5.41, 5.74) is 3.48. The number of nitrogens with one attached hydrogen (secondary N) is 1. The molecule has 1 saturated heterocycles. The number of rotatable bonds is 7. The Morgan fingerprint density at radius 3 is 2.35 bits per heavy atom. The maximum absolute atomic E-state index is 13.0. The van der Waals surface area contributed by atoms with Crippen molar-refractivity contribution in [2.45, 2.75) is 31.3 Å². The summed E-state index contributed by atoms with van der Waals surface area (Å²) >= 11 is 0. The summed E-state index contributed by atoms with van der Waals surface area (Å²) in [5.74, 6) is -0.0175. The number of carbonyl (C=O) groups is 2. The van der Waals surface area contributed by atoms with Crippen LogP contribution in [0, 0.1) is 0 Å². The third-order valence-electron chi connectivity index (χ3n) is 5.89. The van der Waals surface area contributed by atoms with Gasteiger partial charge in [0, 0.05) is 18.7 Å². The van der Waals surface area contributed by atoms with Gasteiger partial charge in [0.15, 0.2) is 0 Å². The van der Waals surface area contributed by atoms with Crippen molar-refractivity contribution < 1.29 is 9.59 Å². The Hall–Kier alpha value is -3.31. The minimum Gasteiger partial charge on any atom is -0.338 e. The molecule has 5 heteroatoms. The molecule has 1 unspecified atom stereocenters. The molecule has 0 bridgehead atoms. The highest BCUT2D eigenvalue weighted by atomic mass is 16.2. The first-order valence-corrected chi connectivity index (χ1v) is 10.8. The molecule has 1 aromatic heterocycles. The van der Waals surface area contributed by atoms with Crippen LogP contribution in [0.3, 0.4) is 0 Å². The van der Waals surface area contributed by atoms with E-state index in [9.17, 15) is 9.59 Å². The summed E-state index contributed by atoms with van der Waals surface area (Å²) < 4.78 is 0. The smallest absolute Gasteiger partial charge is 0.253 e. The van der Waals surface area contributed by atoms with Crippen molar-refractivity contribution in [2.24, 2.45) is 0 Å². The normalized spacial score (nSPS) is 15.9. The van der Waals surface area contributed by atoms with E-state index in [0.29, 0.717) is 5.56 Å². The molecule has 5 nitrogen and oxygen atoms in total. The Balaban J connectivity index is 1.43. The zero-order chi connectivity index (χ0) is 21.5. The topological polar surface area (TPSA) is 62.3 Å². The molecule has 1 N–H and O–H groups in total. The Labute approximate surface area is 183 Å². The van der Waals surface area contributed by atoms with Gasteiger partial charge in [0.05, 0.1) is 11.3 Å². The fraction of sp³-hybridized carbons (Fsp3) is 0.269. The Morgan fingerprint density at radius 2 is 1.68 bits per heavy atom. The van der Waals surface area contributed by atoms with Gasteiger partial charge in [0.2, 0.25) is 0 Å². The molecular weight excluding hydrogens is 386 g/mol. The number of piperidine rings is 1. The number of nitrogens with zero attached hydrogens (tertiary/aromatic N) is 2. The summed E-state index contributed by atoms with van der Waals surface area (Å²) in [4.78, 5) is 31.7. The second-order valence-electron chi connectivity index (χ2n) is 7.97. The molecule has 0 radical (unpaired) electrons. The molecule has 1 aliphatic rings. The summed E-state index contributed by atoms with van der Waals surface area (Å²) in [7, 11) is 0. The van der Waals surface area contributed by atoms with Crippen molar-refractivity contribution in [3.05, 3.63) is 101 Å². The zero-order valence-corrected chi connectivity index (χ0v) is 17.5. The first-order valence-electron chi connectivity index (χ1n) is 10.8. The molecule has 158 valence electrons. The van der Waals surface area contributed by atoms with Crippen LogP contribution in [0.15, 0.2) is 79.0 Å². The van der Waals surface area contributed by atoms with Gasteiger partial charge in [0.1, 0.15) is 12.3 Å². The lowest BCUT2D eigenvalue weighted by atomic mass is 9.90. The van der Waals surface area contributed by atoms with Gasteiger partial charge >= 0.3 is 0 Å². The highest BCUT2D eigenvalue weighted by Crippen LogP contribution is 2.29. The van der Waals surface area contributed by atoms with Crippen LogP contribution in [-0.2, 0) is 11.3 Å². The van der Waals surface area contributed by atoms with Gasteiger partial charge in [-0.15, -0.1) is 0 Å². The molecule has 0 aliphatic carbocycles. The number of aldehydes is 1.